The predicted octanol–water partition coefficient (Wildman–Crippen LogP) is 1.87. The summed E-state index contributed by atoms with van der Waals surface area (Å²) in [7, 11) is 0. The lowest BCUT2D eigenvalue weighted by atomic mass is 10.2. The standard InChI is InChI=1S/C6H7NS/c1-5(2)6-7-3-4-8-6/h5H,1-2H3. The first kappa shape index (κ1) is 5.58. The van der Waals surface area contributed by atoms with Crippen LogP contribution >= 0.6 is 11.3 Å². The summed E-state index contributed by atoms with van der Waals surface area (Å²) >= 11 is 1.54. The molecular formula is C6H7NS. The summed E-state index contributed by atoms with van der Waals surface area (Å²) in [4.78, 5) is 3.95. The van der Waals surface area contributed by atoms with Gasteiger partial charge in [-0.3, -0.25) is 0 Å². The van der Waals surface area contributed by atoms with Crippen LogP contribution < -0.4 is 0 Å². The minimum Gasteiger partial charge on any atom is -0.189 e. The van der Waals surface area contributed by atoms with Gasteiger partial charge in [0.2, 0.25) is 0 Å². The zero-order valence-electron chi connectivity index (χ0n) is 4.93. The van der Waals surface area contributed by atoms with Crippen LogP contribution in [0.1, 0.15) is 24.8 Å². The molecule has 0 radical (unpaired) electrons. The van der Waals surface area contributed by atoms with Gasteiger partial charge in [-0.1, -0.05) is 25.2 Å². The van der Waals surface area contributed by atoms with Crippen molar-refractivity contribution in [3.63, 3.8) is 0 Å². The molecule has 0 aromatic carbocycles. The number of rotatable bonds is 1. The van der Waals surface area contributed by atoms with Gasteiger partial charge in [0.25, 0.3) is 0 Å². The molecule has 8 heavy (non-hydrogen) atoms. The Labute approximate surface area is 53.4 Å². The minimum atomic E-state index is 0.530. The maximum absolute atomic E-state index is 3.95. The average molecular weight is 125 g/mol. The predicted molar refractivity (Wildman–Crippen MR) is 33.9 cm³/mol. The smallest absolute Gasteiger partial charge is 0.115 e. The van der Waals surface area contributed by atoms with Gasteiger partial charge in [-0.25, -0.2) is 0 Å². The molecule has 0 N–H and O–H groups in total. The van der Waals surface area contributed by atoms with Gasteiger partial charge in [0.05, 0.1) is 6.20 Å². The molecule has 0 fully saturated rings. The minimum absolute atomic E-state index is 0.530. The van der Waals surface area contributed by atoms with Crippen molar-refractivity contribution in [2.24, 2.45) is 0 Å². The first-order valence-electron chi connectivity index (χ1n) is 2.55. The van der Waals surface area contributed by atoms with E-state index in [1.807, 2.05) is 0 Å². The van der Waals surface area contributed by atoms with E-state index in [4.69, 9.17) is 0 Å². The van der Waals surface area contributed by atoms with Crippen LogP contribution in [0.2, 0.25) is 0 Å². The van der Waals surface area contributed by atoms with Crippen molar-refractivity contribution in [3.8, 4) is 0 Å². The normalized spacial score (nSPS) is 9.38. The third kappa shape index (κ3) is 0.988. The van der Waals surface area contributed by atoms with Gasteiger partial charge in [0, 0.05) is 11.3 Å². The summed E-state index contributed by atoms with van der Waals surface area (Å²) in [6.45, 7) is 4.22. The molecule has 0 saturated heterocycles. The molecule has 1 nitrogen and oxygen atoms in total. The number of hydrogen-bond acceptors (Lipinski definition) is 2. The molecule has 0 aliphatic carbocycles. The number of hydrogen-bond donors (Lipinski definition) is 0. The van der Waals surface area contributed by atoms with Gasteiger partial charge < -0.3 is 0 Å². The summed E-state index contributed by atoms with van der Waals surface area (Å²) in [5.74, 6) is 0.530. The van der Waals surface area contributed by atoms with E-state index in [1.165, 1.54) is 11.3 Å². The maximum atomic E-state index is 3.95. The fourth-order valence-electron chi connectivity index (χ4n) is 0.423. The van der Waals surface area contributed by atoms with E-state index < -0.39 is 0 Å². The highest BCUT2D eigenvalue weighted by Crippen LogP contribution is 2.12. The molecule has 1 rings (SSSR count). The van der Waals surface area contributed by atoms with Crippen LogP contribution in [0, 0.1) is 11.6 Å². The summed E-state index contributed by atoms with van der Waals surface area (Å²) in [5, 5.41) is 3.93. The average Bonchev–Trinajstić information content (AvgIpc) is 2.12. The molecule has 0 atom stereocenters. The quantitative estimate of drug-likeness (QED) is 0.558. The molecule has 2 heteroatoms. The van der Waals surface area contributed by atoms with E-state index in [1.54, 1.807) is 0 Å². The lowest BCUT2D eigenvalue weighted by molar-refractivity contribution is 0.852. The molecule has 0 saturated carbocycles. The van der Waals surface area contributed by atoms with E-state index in [-0.39, 0.29) is 0 Å². The van der Waals surface area contributed by atoms with Crippen LogP contribution in [-0.4, -0.2) is 4.98 Å². The molecule has 0 amide bonds. The van der Waals surface area contributed by atoms with Crippen molar-refractivity contribution in [3.05, 3.63) is 16.6 Å². The zero-order valence-corrected chi connectivity index (χ0v) is 5.75. The summed E-state index contributed by atoms with van der Waals surface area (Å²) in [6.07, 6.45) is 2.65. The monoisotopic (exact) mass is 125 g/mol. The number of aromatic nitrogens is 1. The fraction of sp³-hybridized carbons (Fsp3) is 0.500. The molecule has 1 aromatic rings. The molecular weight excluding hydrogens is 118 g/mol. The molecule has 1 aromatic heterocycles. The van der Waals surface area contributed by atoms with Gasteiger partial charge in [0.1, 0.15) is 5.01 Å². The Hall–Kier alpha value is -0.550. The summed E-state index contributed by atoms with van der Waals surface area (Å²) < 4.78 is 0. The van der Waals surface area contributed by atoms with Gasteiger partial charge in [-0.15, -0.1) is 0 Å². The Kier molecular flexibility index (Phi) is 1.50. The van der Waals surface area contributed by atoms with Gasteiger partial charge in [-0.05, 0) is 0 Å². The lowest BCUT2D eigenvalue weighted by Crippen LogP contribution is -1.82. The first-order chi connectivity index (χ1) is 3.80. The maximum Gasteiger partial charge on any atom is 0.115 e. The highest BCUT2D eigenvalue weighted by atomic mass is 32.1. The van der Waals surface area contributed by atoms with E-state index in [2.05, 4.69) is 30.4 Å². The van der Waals surface area contributed by atoms with Gasteiger partial charge in [0.15, 0.2) is 0 Å². The summed E-state index contributed by atoms with van der Waals surface area (Å²) in [5.41, 5.74) is 0. The highest BCUT2D eigenvalue weighted by molar-refractivity contribution is 7.08. The highest BCUT2D eigenvalue weighted by Gasteiger charge is 1.97. The molecule has 0 bridgehead atoms. The second kappa shape index (κ2) is 2.15. The van der Waals surface area contributed by atoms with Crippen molar-refractivity contribution < 1.29 is 0 Å². The Morgan fingerprint density at radius 2 is 2.38 bits per heavy atom. The van der Waals surface area contributed by atoms with Crippen LogP contribution in [0.4, 0.5) is 0 Å². The van der Waals surface area contributed by atoms with Crippen molar-refractivity contribution in [2.45, 2.75) is 19.8 Å². The van der Waals surface area contributed by atoms with Gasteiger partial charge >= 0.3 is 0 Å². The van der Waals surface area contributed by atoms with E-state index in [0.29, 0.717) is 5.92 Å². The van der Waals surface area contributed by atoms with Gasteiger partial charge in [-0.2, -0.15) is 4.98 Å². The Balaban J connectivity index is 2.77. The second-order valence-corrected chi connectivity index (χ2v) is 2.75. The Bertz CT molecular complexity index is 144. The van der Waals surface area contributed by atoms with Crippen molar-refractivity contribution >= 4 is 11.3 Å². The molecule has 0 aliphatic heterocycles. The fourth-order valence-corrected chi connectivity index (χ4v) is 0.946. The zero-order chi connectivity index (χ0) is 5.98. The third-order valence-electron chi connectivity index (χ3n) is 0.861. The molecule has 0 spiro atoms. The number of nitrogens with zero attached hydrogens (tertiary/aromatic N) is 1. The van der Waals surface area contributed by atoms with Crippen LogP contribution in [0.25, 0.3) is 0 Å². The lowest BCUT2D eigenvalue weighted by Gasteiger charge is -1.92. The van der Waals surface area contributed by atoms with E-state index in [0.717, 1.165) is 5.01 Å². The van der Waals surface area contributed by atoms with E-state index in [9.17, 15) is 0 Å². The summed E-state index contributed by atoms with van der Waals surface area (Å²) in [6, 6.07) is 0. The molecule has 42 valence electrons. The first-order valence-corrected chi connectivity index (χ1v) is 3.37. The third-order valence-corrected chi connectivity index (χ3v) is 1.83. The topological polar surface area (TPSA) is 12.9 Å². The van der Waals surface area contributed by atoms with Crippen LogP contribution in [0.5, 0.6) is 0 Å². The van der Waals surface area contributed by atoms with Crippen molar-refractivity contribution in [2.75, 3.05) is 0 Å². The van der Waals surface area contributed by atoms with E-state index >= 15 is 0 Å². The van der Waals surface area contributed by atoms with Crippen LogP contribution in [0.3, 0.4) is 0 Å². The van der Waals surface area contributed by atoms with Crippen LogP contribution in [0.15, 0.2) is 0 Å². The van der Waals surface area contributed by atoms with Crippen LogP contribution in [-0.2, 0) is 0 Å². The Morgan fingerprint density at radius 3 is 2.62 bits per heavy atom. The Morgan fingerprint density at radius 1 is 1.62 bits per heavy atom. The van der Waals surface area contributed by atoms with Crippen molar-refractivity contribution in [1.82, 2.24) is 4.98 Å². The SMILES string of the molecule is CC(C)c1nc#cs1. The molecule has 0 unspecified atom stereocenters. The van der Waals surface area contributed by atoms with Crippen molar-refractivity contribution in [1.29, 1.82) is 0 Å². The largest absolute Gasteiger partial charge is 0.189 e. The molecule has 1 heterocycles. The second-order valence-electron chi connectivity index (χ2n) is 1.92. The molecule has 0 aliphatic rings.